The van der Waals surface area contributed by atoms with Gasteiger partial charge in [0.15, 0.2) is 0 Å². The summed E-state index contributed by atoms with van der Waals surface area (Å²) in [4.78, 5) is 19.9. The van der Waals surface area contributed by atoms with Gasteiger partial charge in [-0.25, -0.2) is 13.9 Å². The molecular formula is C16H20BF7N4O3. The van der Waals surface area contributed by atoms with E-state index in [1.54, 1.807) is 0 Å². The quantitative estimate of drug-likeness (QED) is 0.361. The summed E-state index contributed by atoms with van der Waals surface area (Å²) in [5.74, 6) is -2.89. The van der Waals surface area contributed by atoms with Crippen LogP contribution in [0.1, 0.15) is 11.1 Å². The van der Waals surface area contributed by atoms with Crippen LogP contribution in [0.4, 0.5) is 30.4 Å². The first-order valence-electron chi connectivity index (χ1n) is 8.35. The minimum absolute atomic E-state index is 0.0305. The maximum Gasteiger partial charge on any atom is 0.673 e. The number of aromatic nitrogens is 2. The lowest BCUT2D eigenvalue weighted by Crippen LogP contribution is -2.29. The van der Waals surface area contributed by atoms with E-state index in [4.69, 9.17) is 15.6 Å². The van der Waals surface area contributed by atoms with Crippen molar-refractivity contribution < 1.29 is 49.7 Å². The van der Waals surface area contributed by atoms with Crippen molar-refractivity contribution in [2.45, 2.75) is 19.3 Å². The molecule has 1 amide bonds. The second kappa shape index (κ2) is 12.6. The van der Waals surface area contributed by atoms with Gasteiger partial charge in [0.05, 0.1) is 13.6 Å². The number of nitrogens with one attached hydrogen (secondary N) is 1. The molecule has 1 aromatic heterocycles. The van der Waals surface area contributed by atoms with Gasteiger partial charge in [0.25, 0.3) is 0 Å². The van der Waals surface area contributed by atoms with E-state index in [1.165, 1.54) is 5.56 Å². The summed E-state index contributed by atoms with van der Waals surface area (Å²) >= 11 is 0. The number of hydrogen-bond donors (Lipinski definition) is 3. The first kappa shape index (κ1) is 27.9. The molecule has 0 aliphatic carbocycles. The molecule has 2 aromatic rings. The molecule has 31 heavy (non-hydrogen) atoms. The van der Waals surface area contributed by atoms with Crippen LogP contribution in [0.5, 0.6) is 0 Å². The summed E-state index contributed by atoms with van der Waals surface area (Å²) in [6.07, 6.45) is 1.00. The van der Waals surface area contributed by atoms with E-state index in [2.05, 4.69) is 22.0 Å². The zero-order valence-electron chi connectivity index (χ0n) is 16.1. The van der Waals surface area contributed by atoms with Gasteiger partial charge in [0.1, 0.15) is 18.9 Å². The summed E-state index contributed by atoms with van der Waals surface area (Å²) in [5.41, 5.74) is 7.53. The van der Waals surface area contributed by atoms with Crippen LogP contribution in [0, 0.1) is 0 Å². The van der Waals surface area contributed by atoms with Crippen molar-refractivity contribution in [1.82, 2.24) is 9.88 Å². The molecule has 0 radical (unpaired) electrons. The lowest BCUT2D eigenvalue weighted by Gasteiger charge is -2.04. The number of rotatable bonds is 5. The van der Waals surface area contributed by atoms with Gasteiger partial charge in [-0.3, -0.25) is 4.79 Å². The molecule has 174 valence electrons. The third-order valence-corrected chi connectivity index (χ3v) is 3.13. The Bertz CT molecular complexity index is 818. The third-order valence-electron chi connectivity index (χ3n) is 3.13. The van der Waals surface area contributed by atoms with E-state index in [9.17, 15) is 35.2 Å². The normalized spacial score (nSPS) is 10.9. The molecule has 0 saturated carbocycles. The van der Waals surface area contributed by atoms with Crippen molar-refractivity contribution in [2.24, 2.45) is 12.8 Å². The van der Waals surface area contributed by atoms with Crippen molar-refractivity contribution in [3.8, 4) is 0 Å². The van der Waals surface area contributed by atoms with Gasteiger partial charge < -0.3 is 33.4 Å². The first-order valence-corrected chi connectivity index (χ1v) is 8.35. The second-order valence-corrected chi connectivity index (χ2v) is 5.85. The van der Waals surface area contributed by atoms with Crippen LogP contribution >= 0.6 is 0 Å². The van der Waals surface area contributed by atoms with Gasteiger partial charge in [-0.05, 0) is 11.1 Å². The van der Waals surface area contributed by atoms with Crippen molar-refractivity contribution in [3.63, 3.8) is 0 Å². The molecule has 0 aliphatic heterocycles. The monoisotopic (exact) mass is 460 g/mol. The van der Waals surface area contributed by atoms with Gasteiger partial charge in [0, 0.05) is 6.54 Å². The van der Waals surface area contributed by atoms with Crippen LogP contribution < -0.4 is 15.6 Å². The number of aliphatic carboxylic acids is 1. The molecule has 0 bridgehead atoms. The Morgan fingerprint density at radius 1 is 1.13 bits per heavy atom. The molecule has 15 heteroatoms. The third kappa shape index (κ3) is 15.4. The summed E-state index contributed by atoms with van der Waals surface area (Å²) in [7, 11) is -4.00. The Morgan fingerprint density at radius 3 is 1.94 bits per heavy atom. The Hall–Kier alpha value is -3.10. The number of alkyl halides is 3. The van der Waals surface area contributed by atoms with Gasteiger partial charge >= 0.3 is 19.4 Å². The average molecular weight is 460 g/mol. The smallest absolute Gasteiger partial charge is 0.475 e. The number of benzene rings is 1. The van der Waals surface area contributed by atoms with Crippen molar-refractivity contribution >= 4 is 19.1 Å². The maximum atomic E-state index is 11.1. The van der Waals surface area contributed by atoms with Crippen LogP contribution in [-0.2, 0) is 29.7 Å². The minimum Gasteiger partial charge on any atom is -0.475 e. The number of carbonyl (C=O) groups excluding carboxylic acids is 1. The number of carbonyl (C=O) groups is 2. The lowest BCUT2D eigenvalue weighted by atomic mass is 10.1. The number of nitrogens with two attached hydrogens (primary N) is 1. The van der Waals surface area contributed by atoms with Gasteiger partial charge in [-0.15, -0.1) is 0 Å². The Kier molecular flexibility index (Phi) is 11.3. The molecule has 0 spiro atoms. The Morgan fingerprint density at radius 2 is 1.58 bits per heavy atom. The van der Waals surface area contributed by atoms with E-state index >= 15 is 0 Å². The predicted molar refractivity (Wildman–Crippen MR) is 95.9 cm³/mol. The summed E-state index contributed by atoms with van der Waals surface area (Å²) in [5, 5.41) is 9.87. The minimum atomic E-state index is -6.00. The van der Waals surface area contributed by atoms with Crippen molar-refractivity contribution in [3.05, 3.63) is 54.1 Å². The molecule has 2 rings (SSSR count). The predicted octanol–water partition coefficient (Wildman–Crippen LogP) is 1.87. The fourth-order valence-electron chi connectivity index (χ4n) is 1.84. The number of amides is 1. The van der Waals surface area contributed by atoms with Crippen molar-refractivity contribution in [1.29, 1.82) is 0 Å². The highest BCUT2D eigenvalue weighted by molar-refractivity contribution is 6.50. The highest BCUT2D eigenvalue weighted by Gasteiger charge is 2.38. The van der Waals surface area contributed by atoms with Gasteiger partial charge in [0.2, 0.25) is 12.2 Å². The second-order valence-electron chi connectivity index (χ2n) is 5.85. The molecule has 0 fully saturated rings. The fourth-order valence-corrected chi connectivity index (χ4v) is 1.84. The van der Waals surface area contributed by atoms with E-state index in [0.717, 1.165) is 12.1 Å². The van der Waals surface area contributed by atoms with E-state index < -0.39 is 19.4 Å². The molecule has 0 atom stereocenters. The Balaban J connectivity index is 0.000000621. The topological polar surface area (TPSA) is 101 Å². The summed E-state index contributed by atoms with van der Waals surface area (Å²) < 4.78 is 74.9. The standard InChI is InChI=1S/C14H18N4O.C2HF3O2.BF4/c1-17-6-7-18(11-17)10-13-4-2-12(3-5-13)9-16-14(19)8-15;3-2(4,5)1(6)7;2-1(3,4)5/h2-7,11H,8-10,15H2,1H3;(H,6,7);/q;;-1/p+1. The van der Waals surface area contributed by atoms with E-state index in [1.807, 2.05) is 42.5 Å². The van der Waals surface area contributed by atoms with Crippen LogP contribution in [0.25, 0.3) is 0 Å². The zero-order valence-corrected chi connectivity index (χ0v) is 16.1. The van der Waals surface area contributed by atoms with Crippen LogP contribution in [-0.4, -0.2) is 41.5 Å². The van der Waals surface area contributed by atoms with Gasteiger partial charge in [-0.1, -0.05) is 24.3 Å². The molecule has 0 aliphatic rings. The number of carboxylic acid groups (broad SMARTS) is 1. The number of hydrogen-bond acceptors (Lipinski definition) is 3. The molecular weight excluding hydrogens is 440 g/mol. The molecule has 4 N–H and O–H groups in total. The number of carboxylic acids is 1. The summed E-state index contributed by atoms with van der Waals surface area (Å²) in [6.45, 7) is 1.40. The largest absolute Gasteiger partial charge is 0.673 e. The average Bonchev–Trinajstić information content (AvgIpc) is 3.04. The SMILES string of the molecule is C[n+]1ccn(Cc2ccc(CNC(=O)CN)cc2)c1.F[B-](F)(F)F.O=C(O)C(F)(F)F. The molecule has 7 nitrogen and oxygen atoms in total. The maximum absolute atomic E-state index is 11.1. The summed E-state index contributed by atoms with van der Waals surface area (Å²) in [6, 6.07) is 8.19. The number of halogens is 7. The van der Waals surface area contributed by atoms with Crippen molar-refractivity contribution in [2.75, 3.05) is 6.54 Å². The van der Waals surface area contributed by atoms with Gasteiger partial charge in [-0.2, -0.15) is 13.2 Å². The fraction of sp³-hybridized carbons (Fsp3) is 0.312. The van der Waals surface area contributed by atoms with Crippen LogP contribution in [0.2, 0.25) is 0 Å². The van der Waals surface area contributed by atoms with Crippen LogP contribution in [0.15, 0.2) is 43.0 Å². The molecule has 0 unspecified atom stereocenters. The number of aryl methyl sites for hydroxylation is 1. The number of imidazole rings is 1. The lowest BCUT2D eigenvalue weighted by molar-refractivity contribution is -0.671. The van der Waals surface area contributed by atoms with Crippen LogP contribution in [0.3, 0.4) is 0 Å². The zero-order chi connectivity index (χ0) is 24.2. The van der Waals surface area contributed by atoms with E-state index in [-0.39, 0.29) is 12.5 Å². The highest BCUT2D eigenvalue weighted by Crippen LogP contribution is 2.13. The highest BCUT2D eigenvalue weighted by atomic mass is 19.5. The molecule has 1 heterocycles. The Labute approximate surface area is 172 Å². The van der Waals surface area contributed by atoms with E-state index in [0.29, 0.717) is 6.54 Å². The molecule has 1 aromatic carbocycles. The first-order chi connectivity index (χ1) is 14.1. The molecule has 0 saturated heterocycles. The number of nitrogens with zero attached hydrogens (tertiary/aromatic N) is 2.